The van der Waals surface area contributed by atoms with Crippen LogP contribution < -0.4 is 0 Å². The summed E-state index contributed by atoms with van der Waals surface area (Å²) in [5.41, 5.74) is 4.87. The lowest BCUT2D eigenvalue weighted by molar-refractivity contribution is 1.44. The van der Waals surface area contributed by atoms with Crippen LogP contribution in [-0.4, -0.2) is 0 Å². The minimum atomic E-state index is 0.140. The molecule has 3 rings (SSSR count). The molecule has 0 saturated heterocycles. The summed E-state index contributed by atoms with van der Waals surface area (Å²) < 4.78 is 0. The Morgan fingerprint density at radius 1 is 0.682 bits per heavy atom. The molecule has 0 saturated carbocycles. The first-order valence-electron chi connectivity index (χ1n) is 6.93. The largest absolute Gasteiger partial charge is 0.192 e. The van der Waals surface area contributed by atoms with Gasteiger partial charge in [0, 0.05) is 5.57 Å². The average Bonchev–Trinajstić information content (AvgIpc) is 3.02. The van der Waals surface area contributed by atoms with E-state index >= 15 is 0 Å². The molecule has 0 unspecified atom stereocenters. The van der Waals surface area contributed by atoms with E-state index in [0.29, 0.717) is 5.57 Å². The maximum absolute atomic E-state index is 9.22. The van der Waals surface area contributed by atoms with Crippen molar-refractivity contribution < 1.29 is 0 Å². The topological polar surface area (TPSA) is 47.6 Å². The highest BCUT2D eigenvalue weighted by Gasteiger charge is 2.20. The van der Waals surface area contributed by atoms with Crippen LogP contribution in [0.3, 0.4) is 0 Å². The Morgan fingerprint density at radius 3 is 1.77 bits per heavy atom. The number of nitriles is 2. The number of hydrogen-bond acceptors (Lipinski definition) is 2. The van der Waals surface area contributed by atoms with E-state index in [1.54, 1.807) is 0 Å². The summed E-state index contributed by atoms with van der Waals surface area (Å²) in [7, 11) is 0. The summed E-state index contributed by atoms with van der Waals surface area (Å²) in [6, 6.07) is 23.9. The molecule has 2 heteroatoms. The highest BCUT2D eigenvalue weighted by Crippen LogP contribution is 2.39. The first kappa shape index (κ1) is 13.6. The zero-order valence-electron chi connectivity index (χ0n) is 11.8. The van der Waals surface area contributed by atoms with Crippen LogP contribution in [0.15, 0.2) is 84.0 Å². The van der Waals surface area contributed by atoms with Crippen molar-refractivity contribution in [2.24, 2.45) is 0 Å². The van der Waals surface area contributed by atoms with Crippen molar-refractivity contribution in [3.05, 3.63) is 95.1 Å². The molecule has 102 valence electrons. The van der Waals surface area contributed by atoms with E-state index in [1.165, 1.54) is 0 Å². The van der Waals surface area contributed by atoms with Gasteiger partial charge in [0.05, 0.1) is 0 Å². The average molecular weight is 280 g/mol. The maximum atomic E-state index is 9.22. The summed E-state index contributed by atoms with van der Waals surface area (Å²) in [5, 5.41) is 18.4. The number of allylic oxidation sites excluding steroid dienone is 6. The lowest BCUT2D eigenvalue weighted by Crippen LogP contribution is -1.91. The number of benzene rings is 2. The van der Waals surface area contributed by atoms with Gasteiger partial charge in [-0.05, 0) is 22.3 Å². The Balaban J connectivity index is 2.30. The van der Waals surface area contributed by atoms with Gasteiger partial charge in [-0.3, -0.25) is 0 Å². The summed E-state index contributed by atoms with van der Waals surface area (Å²) in [6.45, 7) is 0. The fourth-order valence-corrected chi connectivity index (χ4v) is 2.61. The van der Waals surface area contributed by atoms with Gasteiger partial charge in [0.1, 0.15) is 17.7 Å². The molecule has 0 fully saturated rings. The molecule has 0 amide bonds. The number of hydrogen-bond donors (Lipinski definition) is 0. The second-order valence-electron chi connectivity index (χ2n) is 4.87. The quantitative estimate of drug-likeness (QED) is 0.760. The molecule has 1 aliphatic carbocycles. The molecule has 2 aromatic rings. The molecule has 0 aromatic heterocycles. The second kappa shape index (κ2) is 5.95. The summed E-state index contributed by atoms with van der Waals surface area (Å²) in [5.74, 6) is 0. The molecule has 0 aliphatic heterocycles. The van der Waals surface area contributed by atoms with Gasteiger partial charge in [0.25, 0.3) is 0 Å². The highest BCUT2D eigenvalue weighted by atomic mass is 14.3. The molecule has 22 heavy (non-hydrogen) atoms. The highest BCUT2D eigenvalue weighted by molar-refractivity contribution is 6.07. The Morgan fingerprint density at radius 2 is 1.23 bits per heavy atom. The number of rotatable bonds is 2. The van der Waals surface area contributed by atoms with Crippen LogP contribution in [0.2, 0.25) is 0 Å². The summed E-state index contributed by atoms with van der Waals surface area (Å²) in [6.07, 6.45) is 3.83. The summed E-state index contributed by atoms with van der Waals surface area (Å²) >= 11 is 0. The van der Waals surface area contributed by atoms with E-state index in [-0.39, 0.29) is 5.57 Å². The normalized spacial score (nSPS) is 12.9. The van der Waals surface area contributed by atoms with Gasteiger partial charge < -0.3 is 0 Å². The van der Waals surface area contributed by atoms with Crippen LogP contribution in [0.25, 0.3) is 11.1 Å². The van der Waals surface area contributed by atoms with E-state index < -0.39 is 0 Å². The van der Waals surface area contributed by atoms with Crippen LogP contribution in [0.4, 0.5) is 0 Å². The van der Waals surface area contributed by atoms with Crippen molar-refractivity contribution >= 4 is 11.1 Å². The van der Waals surface area contributed by atoms with Crippen LogP contribution in [0.1, 0.15) is 11.1 Å². The van der Waals surface area contributed by atoms with Gasteiger partial charge in [-0.15, -0.1) is 0 Å². The van der Waals surface area contributed by atoms with E-state index in [4.69, 9.17) is 0 Å². The lowest BCUT2D eigenvalue weighted by atomic mass is 9.92. The zero-order valence-corrected chi connectivity index (χ0v) is 11.8. The van der Waals surface area contributed by atoms with E-state index in [0.717, 1.165) is 22.3 Å². The SMILES string of the molecule is N#CC(C#N)=C1C=CC(c2ccccc2)=C1c1ccccc1. The fourth-order valence-electron chi connectivity index (χ4n) is 2.61. The van der Waals surface area contributed by atoms with E-state index in [2.05, 4.69) is 0 Å². The Bertz CT molecular complexity index is 855. The van der Waals surface area contributed by atoms with Gasteiger partial charge in [-0.1, -0.05) is 72.8 Å². The van der Waals surface area contributed by atoms with Gasteiger partial charge in [0.2, 0.25) is 0 Å². The molecular weight excluding hydrogens is 268 g/mol. The summed E-state index contributed by atoms with van der Waals surface area (Å²) in [4.78, 5) is 0. The van der Waals surface area contributed by atoms with Gasteiger partial charge in [-0.2, -0.15) is 10.5 Å². The first-order valence-corrected chi connectivity index (χ1v) is 6.93. The van der Waals surface area contributed by atoms with Crippen molar-refractivity contribution in [2.45, 2.75) is 0 Å². The van der Waals surface area contributed by atoms with Gasteiger partial charge >= 0.3 is 0 Å². The first-order chi connectivity index (χ1) is 10.8. The standard InChI is InChI=1S/C20H12N2/c21-13-17(14-22)19-12-11-18(15-7-3-1-4-8-15)20(19)16-9-5-2-6-10-16/h1-12H. The van der Waals surface area contributed by atoms with Crippen LogP contribution in [-0.2, 0) is 0 Å². The van der Waals surface area contributed by atoms with Crippen molar-refractivity contribution in [1.82, 2.24) is 0 Å². The molecule has 1 aliphatic rings. The Hall–Kier alpha value is -3.36. The van der Waals surface area contributed by atoms with Crippen molar-refractivity contribution in [2.75, 3.05) is 0 Å². The Kier molecular flexibility index (Phi) is 3.69. The van der Waals surface area contributed by atoms with Crippen molar-refractivity contribution in [1.29, 1.82) is 10.5 Å². The van der Waals surface area contributed by atoms with Gasteiger partial charge in [-0.25, -0.2) is 0 Å². The zero-order chi connectivity index (χ0) is 15.4. The van der Waals surface area contributed by atoms with Crippen LogP contribution in [0.5, 0.6) is 0 Å². The number of nitrogens with zero attached hydrogens (tertiary/aromatic N) is 2. The van der Waals surface area contributed by atoms with Crippen molar-refractivity contribution in [3.8, 4) is 12.1 Å². The molecule has 0 atom stereocenters. The van der Waals surface area contributed by atoms with E-state index in [9.17, 15) is 10.5 Å². The minimum Gasteiger partial charge on any atom is -0.192 e. The minimum absolute atomic E-state index is 0.140. The van der Waals surface area contributed by atoms with Gasteiger partial charge in [0.15, 0.2) is 0 Å². The van der Waals surface area contributed by atoms with Crippen LogP contribution >= 0.6 is 0 Å². The molecule has 0 bridgehead atoms. The molecule has 0 radical (unpaired) electrons. The maximum Gasteiger partial charge on any atom is 0.137 e. The molecular formula is C20H12N2. The van der Waals surface area contributed by atoms with E-state index in [1.807, 2.05) is 85.0 Å². The smallest absolute Gasteiger partial charge is 0.137 e. The Labute approximate surface area is 129 Å². The third-order valence-corrected chi connectivity index (χ3v) is 3.60. The second-order valence-corrected chi connectivity index (χ2v) is 4.87. The van der Waals surface area contributed by atoms with Crippen LogP contribution in [0, 0.1) is 22.7 Å². The monoisotopic (exact) mass is 280 g/mol. The molecule has 2 aromatic carbocycles. The molecule has 0 N–H and O–H groups in total. The predicted molar refractivity (Wildman–Crippen MR) is 87.1 cm³/mol. The molecule has 0 spiro atoms. The molecule has 2 nitrogen and oxygen atoms in total. The lowest BCUT2D eigenvalue weighted by Gasteiger charge is -2.10. The third-order valence-electron chi connectivity index (χ3n) is 3.60. The fraction of sp³-hybridized carbons (Fsp3) is 0. The predicted octanol–water partition coefficient (Wildman–Crippen LogP) is 4.51. The third kappa shape index (κ3) is 2.35. The van der Waals surface area contributed by atoms with Crippen molar-refractivity contribution in [3.63, 3.8) is 0 Å². The molecule has 0 heterocycles.